The van der Waals surface area contributed by atoms with Gasteiger partial charge in [-0.15, -0.1) is 0 Å². The van der Waals surface area contributed by atoms with Crippen LogP contribution in [0.2, 0.25) is 0 Å². The third-order valence-corrected chi connectivity index (χ3v) is 0.487. The summed E-state index contributed by atoms with van der Waals surface area (Å²) in [5.41, 5.74) is 0. The molecule has 0 aromatic carbocycles. The first-order valence-electron chi connectivity index (χ1n) is 2.25. The molecule has 8 heavy (non-hydrogen) atoms. The highest BCUT2D eigenvalue weighted by atomic mass is 16.5. The van der Waals surface area contributed by atoms with E-state index < -0.39 is 5.97 Å². The lowest BCUT2D eigenvalue weighted by Gasteiger charge is -1.86. The van der Waals surface area contributed by atoms with Gasteiger partial charge in [-0.2, -0.15) is 0 Å². The van der Waals surface area contributed by atoms with Crippen LogP contribution in [0.25, 0.3) is 0 Å². The van der Waals surface area contributed by atoms with Crippen LogP contribution < -0.4 is 0 Å². The van der Waals surface area contributed by atoms with Gasteiger partial charge in [-0.1, -0.05) is 12.7 Å². The highest BCUT2D eigenvalue weighted by Crippen LogP contribution is 1.78. The van der Waals surface area contributed by atoms with E-state index in [0.717, 1.165) is 6.08 Å². The number of carbonyl (C=O) groups is 1. The molecule has 0 fully saturated rings. The van der Waals surface area contributed by atoms with Crippen molar-refractivity contribution in [3.63, 3.8) is 0 Å². The van der Waals surface area contributed by atoms with Crippen LogP contribution in [0.3, 0.4) is 0 Å². The van der Waals surface area contributed by atoms with E-state index in [-0.39, 0.29) is 0 Å². The molecule has 0 unspecified atom stereocenters. The standard InChI is InChI=1S/C6H8O2/c1-3-5-8-6(7)4-2/h3-5H,2H2,1H3/b5-3-. The zero-order chi connectivity index (χ0) is 6.41. The zero-order valence-electron chi connectivity index (χ0n) is 4.76. The normalized spacial score (nSPS) is 9.12. The Morgan fingerprint density at radius 2 is 2.38 bits per heavy atom. The second-order valence-corrected chi connectivity index (χ2v) is 1.11. The predicted octanol–water partition coefficient (Wildman–Crippen LogP) is 1.25. The Morgan fingerprint density at radius 1 is 1.75 bits per heavy atom. The molecule has 44 valence electrons. The first-order chi connectivity index (χ1) is 3.81. The monoisotopic (exact) mass is 112 g/mol. The van der Waals surface area contributed by atoms with E-state index in [4.69, 9.17) is 0 Å². The topological polar surface area (TPSA) is 26.3 Å². The lowest BCUT2D eigenvalue weighted by atomic mass is 10.6. The molecule has 0 spiro atoms. The average molecular weight is 112 g/mol. The van der Waals surface area contributed by atoms with Crippen LogP contribution in [-0.2, 0) is 9.53 Å². The molecule has 0 heterocycles. The minimum absolute atomic E-state index is 0.428. The molecule has 0 aromatic rings. The van der Waals surface area contributed by atoms with Crippen molar-refractivity contribution in [1.29, 1.82) is 0 Å². The Labute approximate surface area is 48.5 Å². The molecule has 0 aromatic heterocycles. The average Bonchev–Trinajstić information content (AvgIpc) is 1.83. The van der Waals surface area contributed by atoms with E-state index in [0.29, 0.717) is 0 Å². The van der Waals surface area contributed by atoms with Gasteiger partial charge in [-0.05, 0) is 6.92 Å². The molecule has 0 amide bonds. The number of ether oxygens (including phenoxy) is 1. The molecule has 2 nitrogen and oxygen atoms in total. The summed E-state index contributed by atoms with van der Waals surface area (Å²) in [5.74, 6) is -0.428. The fourth-order valence-electron chi connectivity index (χ4n) is 0.183. The number of rotatable bonds is 2. The molecule has 2 heteroatoms. The van der Waals surface area contributed by atoms with Gasteiger partial charge < -0.3 is 4.74 Å². The highest BCUT2D eigenvalue weighted by Gasteiger charge is 1.85. The van der Waals surface area contributed by atoms with Gasteiger partial charge in [0.15, 0.2) is 0 Å². The molecule has 0 aliphatic heterocycles. The fourth-order valence-corrected chi connectivity index (χ4v) is 0.183. The van der Waals surface area contributed by atoms with Crippen molar-refractivity contribution >= 4 is 5.97 Å². The van der Waals surface area contributed by atoms with Gasteiger partial charge in [-0.25, -0.2) is 4.79 Å². The van der Waals surface area contributed by atoms with Crippen molar-refractivity contribution in [2.24, 2.45) is 0 Å². The molecule has 0 bridgehead atoms. The van der Waals surface area contributed by atoms with Crippen molar-refractivity contribution in [2.45, 2.75) is 6.92 Å². The maximum atomic E-state index is 10.2. The minimum Gasteiger partial charge on any atom is -0.432 e. The van der Waals surface area contributed by atoms with Crippen molar-refractivity contribution in [1.82, 2.24) is 0 Å². The van der Waals surface area contributed by atoms with Crippen LogP contribution in [0, 0.1) is 0 Å². The summed E-state index contributed by atoms with van der Waals surface area (Å²) in [4.78, 5) is 10.2. The first kappa shape index (κ1) is 6.95. The van der Waals surface area contributed by atoms with Gasteiger partial charge in [0.1, 0.15) is 0 Å². The van der Waals surface area contributed by atoms with E-state index in [1.54, 1.807) is 13.0 Å². The number of hydrogen-bond donors (Lipinski definition) is 0. The molecule has 0 N–H and O–H groups in total. The van der Waals surface area contributed by atoms with Crippen LogP contribution in [-0.4, -0.2) is 5.97 Å². The van der Waals surface area contributed by atoms with Crippen LogP contribution in [0.5, 0.6) is 0 Å². The molecule has 0 radical (unpaired) electrons. The third kappa shape index (κ3) is 3.15. The van der Waals surface area contributed by atoms with Crippen LogP contribution in [0.1, 0.15) is 6.92 Å². The summed E-state index contributed by atoms with van der Waals surface area (Å²) in [6.07, 6.45) is 4.05. The second-order valence-electron chi connectivity index (χ2n) is 1.11. The molecule has 0 saturated carbocycles. The van der Waals surface area contributed by atoms with E-state index >= 15 is 0 Å². The Hall–Kier alpha value is -1.05. The van der Waals surface area contributed by atoms with Gasteiger partial charge in [0, 0.05) is 6.08 Å². The Balaban J connectivity index is 3.39. The Kier molecular flexibility index (Phi) is 3.58. The second kappa shape index (κ2) is 4.12. The molecule has 0 rings (SSSR count). The molecular formula is C6H8O2. The molecule has 0 saturated heterocycles. The molecule has 0 aliphatic rings. The van der Waals surface area contributed by atoms with Gasteiger partial charge >= 0.3 is 5.97 Å². The van der Waals surface area contributed by atoms with Gasteiger partial charge in [0.2, 0.25) is 0 Å². The van der Waals surface area contributed by atoms with E-state index in [1.807, 2.05) is 0 Å². The Morgan fingerprint density at radius 3 is 2.75 bits per heavy atom. The number of allylic oxidation sites excluding steroid dienone is 1. The SMILES string of the molecule is C=CC(=O)O/C=C\C. The summed E-state index contributed by atoms with van der Waals surface area (Å²) < 4.78 is 4.40. The molecule has 0 aliphatic carbocycles. The van der Waals surface area contributed by atoms with Gasteiger partial charge in [-0.3, -0.25) is 0 Å². The quantitative estimate of drug-likeness (QED) is 0.305. The summed E-state index contributed by atoms with van der Waals surface area (Å²) >= 11 is 0. The summed E-state index contributed by atoms with van der Waals surface area (Å²) in [6, 6.07) is 0. The third-order valence-electron chi connectivity index (χ3n) is 0.487. The fraction of sp³-hybridized carbons (Fsp3) is 0.167. The number of esters is 1. The van der Waals surface area contributed by atoms with E-state index in [9.17, 15) is 4.79 Å². The first-order valence-corrected chi connectivity index (χ1v) is 2.25. The predicted molar refractivity (Wildman–Crippen MR) is 31.1 cm³/mol. The van der Waals surface area contributed by atoms with Gasteiger partial charge in [0.05, 0.1) is 6.26 Å². The number of hydrogen-bond acceptors (Lipinski definition) is 2. The van der Waals surface area contributed by atoms with Crippen molar-refractivity contribution in [3.05, 3.63) is 25.0 Å². The zero-order valence-corrected chi connectivity index (χ0v) is 4.76. The summed E-state index contributed by atoms with van der Waals surface area (Å²) in [6.45, 7) is 4.97. The van der Waals surface area contributed by atoms with Gasteiger partial charge in [0.25, 0.3) is 0 Å². The lowest BCUT2D eigenvalue weighted by Crippen LogP contribution is -1.90. The molecule has 0 atom stereocenters. The van der Waals surface area contributed by atoms with Crippen molar-refractivity contribution in [3.8, 4) is 0 Å². The van der Waals surface area contributed by atoms with Crippen molar-refractivity contribution in [2.75, 3.05) is 0 Å². The summed E-state index contributed by atoms with van der Waals surface area (Å²) in [7, 11) is 0. The highest BCUT2D eigenvalue weighted by molar-refractivity contribution is 5.81. The molecular weight excluding hydrogens is 104 g/mol. The number of carbonyl (C=O) groups excluding carboxylic acids is 1. The van der Waals surface area contributed by atoms with Crippen molar-refractivity contribution < 1.29 is 9.53 Å². The lowest BCUT2D eigenvalue weighted by molar-refractivity contribution is -0.132. The van der Waals surface area contributed by atoms with E-state index in [1.165, 1.54) is 6.26 Å². The Bertz CT molecular complexity index is 114. The van der Waals surface area contributed by atoms with Crippen LogP contribution in [0.15, 0.2) is 25.0 Å². The van der Waals surface area contributed by atoms with Crippen LogP contribution in [0.4, 0.5) is 0 Å². The van der Waals surface area contributed by atoms with Crippen LogP contribution >= 0.6 is 0 Å². The van der Waals surface area contributed by atoms with E-state index in [2.05, 4.69) is 11.3 Å². The maximum absolute atomic E-state index is 10.2. The largest absolute Gasteiger partial charge is 0.432 e. The smallest absolute Gasteiger partial charge is 0.334 e. The minimum atomic E-state index is -0.428. The summed E-state index contributed by atoms with van der Waals surface area (Å²) in [5, 5.41) is 0. The maximum Gasteiger partial charge on any atom is 0.334 e.